The average molecular weight is 354 g/mol. The van der Waals surface area contributed by atoms with Crippen LogP contribution in [-0.4, -0.2) is 42.4 Å². The molecule has 0 saturated carbocycles. The highest BCUT2D eigenvalue weighted by Gasteiger charge is 2.16. The van der Waals surface area contributed by atoms with Crippen molar-refractivity contribution in [2.45, 2.75) is 45.6 Å². The second kappa shape index (κ2) is 10.3. The topological polar surface area (TPSA) is 61.4 Å². The zero-order valence-corrected chi connectivity index (χ0v) is 15.3. The van der Waals surface area contributed by atoms with E-state index in [0.29, 0.717) is 31.1 Å². The number of nitrogens with one attached hydrogen (secondary N) is 2. The van der Waals surface area contributed by atoms with Crippen molar-refractivity contribution in [3.8, 4) is 0 Å². The Hall–Kier alpha value is -1.59. The summed E-state index contributed by atoms with van der Waals surface area (Å²) in [6, 6.07) is 7.61. The van der Waals surface area contributed by atoms with E-state index < -0.39 is 0 Å². The maximum Gasteiger partial charge on any atom is 0.253 e. The Labute approximate surface area is 150 Å². The van der Waals surface area contributed by atoms with Crippen molar-refractivity contribution < 1.29 is 9.59 Å². The lowest BCUT2D eigenvalue weighted by molar-refractivity contribution is -0.116. The molecule has 1 aliphatic heterocycles. The van der Waals surface area contributed by atoms with Crippen LogP contribution in [0.2, 0.25) is 0 Å². The maximum atomic E-state index is 12.2. The van der Waals surface area contributed by atoms with E-state index in [-0.39, 0.29) is 24.2 Å². The van der Waals surface area contributed by atoms with E-state index in [2.05, 4.69) is 10.6 Å². The Bertz CT molecular complexity index is 524. The van der Waals surface area contributed by atoms with Crippen molar-refractivity contribution >= 4 is 29.9 Å². The van der Waals surface area contributed by atoms with Gasteiger partial charge in [-0.05, 0) is 63.9 Å². The zero-order chi connectivity index (χ0) is 16.7. The van der Waals surface area contributed by atoms with Crippen molar-refractivity contribution in [1.82, 2.24) is 10.2 Å². The molecule has 24 heavy (non-hydrogen) atoms. The van der Waals surface area contributed by atoms with Crippen LogP contribution < -0.4 is 10.6 Å². The van der Waals surface area contributed by atoms with E-state index in [9.17, 15) is 9.59 Å². The van der Waals surface area contributed by atoms with Crippen LogP contribution in [0, 0.1) is 0 Å². The SMILES string of the molecule is CCN(CC)C(=O)c1ccc(NC(=O)CCC2CCCN2)cc1.Cl. The summed E-state index contributed by atoms with van der Waals surface area (Å²) < 4.78 is 0. The second-order valence-electron chi connectivity index (χ2n) is 5.93. The summed E-state index contributed by atoms with van der Waals surface area (Å²) >= 11 is 0. The first-order chi connectivity index (χ1) is 11.1. The molecular formula is C18H28ClN3O2. The van der Waals surface area contributed by atoms with Crippen LogP contribution in [0.1, 0.15) is 49.9 Å². The standard InChI is InChI=1S/C18H27N3O2.ClH/c1-3-21(4-2)18(23)14-7-9-16(10-8-14)20-17(22)12-11-15-6-5-13-19-15;/h7-10,15,19H,3-6,11-13H2,1-2H3,(H,20,22);1H. The van der Waals surface area contributed by atoms with Crippen LogP contribution in [0.4, 0.5) is 5.69 Å². The number of carbonyl (C=O) groups is 2. The number of benzene rings is 1. The number of rotatable bonds is 7. The minimum atomic E-state index is 0. The molecule has 1 aromatic rings. The summed E-state index contributed by atoms with van der Waals surface area (Å²) in [5, 5.41) is 6.29. The van der Waals surface area contributed by atoms with Crippen molar-refractivity contribution in [2.75, 3.05) is 25.0 Å². The summed E-state index contributed by atoms with van der Waals surface area (Å²) in [5.74, 6) is 0.0571. The summed E-state index contributed by atoms with van der Waals surface area (Å²) in [5.41, 5.74) is 1.40. The third-order valence-corrected chi connectivity index (χ3v) is 4.35. The van der Waals surface area contributed by atoms with E-state index in [1.807, 2.05) is 13.8 Å². The molecule has 134 valence electrons. The third-order valence-electron chi connectivity index (χ3n) is 4.35. The first kappa shape index (κ1) is 20.5. The molecule has 5 nitrogen and oxygen atoms in total. The van der Waals surface area contributed by atoms with Gasteiger partial charge < -0.3 is 15.5 Å². The lowest BCUT2D eigenvalue weighted by Crippen LogP contribution is -2.30. The van der Waals surface area contributed by atoms with Gasteiger partial charge in [0.05, 0.1) is 0 Å². The van der Waals surface area contributed by atoms with Gasteiger partial charge in [-0.25, -0.2) is 0 Å². The van der Waals surface area contributed by atoms with Gasteiger partial charge in [-0.15, -0.1) is 12.4 Å². The van der Waals surface area contributed by atoms with E-state index >= 15 is 0 Å². The molecule has 0 aliphatic carbocycles. The highest BCUT2D eigenvalue weighted by molar-refractivity contribution is 5.95. The van der Waals surface area contributed by atoms with Gasteiger partial charge in [0.15, 0.2) is 0 Å². The van der Waals surface area contributed by atoms with Gasteiger partial charge in [-0.3, -0.25) is 9.59 Å². The first-order valence-electron chi connectivity index (χ1n) is 8.56. The normalized spacial score (nSPS) is 16.3. The van der Waals surface area contributed by atoms with Crippen LogP contribution in [0.3, 0.4) is 0 Å². The molecular weight excluding hydrogens is 326 g/mol. The molecule has 0 spiro atoms. The van der Waals surface area contributed by atoms with Gasteiger partial charge in [0.2, 0.25) is 5.91 Å². The minimum absolute atomic E-state index is 0. The first-order valence-corrected chi connectivity index (χ1v) is 8.56. The second-order valence-corrected chi connectivity index (χ2v) is 5.93. The molecule has 2 amide bonds. The Kier molecular flexibility index (Phi) is 8.79. The van der Waals surface area contributed by atoms with Crippen molar-refractivity contribution in [1.29, 1.82) is 0 Å². The monoisotopic (exact) mass is 353 g/mol. The predicted molar refractivity (Wildman–Crippen MR) is 99.8 cm³/mol. The molecule has 6 heteroatoms. The van der Waals surface area contributed by atoms with Gasteiger partial charge >= 0.3 is 0 Å². The number of carbonyl (C=O) groups excluding carboxylic acids is 2. The van der Waals surface area contributed by atoms with Gasteiger partial charge in [-0.1, -0.05) is 0 Å². The Balaban J connectivity index is 0.00000288. The van der Waals surface area contributed by atoms with Gasteiger partial charge in [0, 0.05) is 36.8 Å². The molecule has 0 radical (unpaired) electrons. The van der Waals surface area contributed by atoms with Crippen LogP contribution in [-0.2, 0) is 4.79 Å². The number of hydrogen-bond acceptors (Lipinski definition) is 3. The van der Waals surface area contributed by atoms with Crippen molar-refractivity contribution in [3.63, 3.8) is 0 Å². The van der Waals surface area contributed by atoms with Gasteiger partial charge in [-0.2, -0.15) is 0 Å². The lowest BCUT2D eigenvalue weighted by Gasteiger charge is -2.18. The van der Waals surface area contributed by atoms with Crippen LogP contribution in [0.25, 0.3) is 0 Å². The molecule has 2 rings (SSSR count). The molecule has 0 aromatic heterocycles. The fourth-order valence-corrected chi connectivity index (χ4v) is 2.92. The molecule has 1 aromatic carbocycles. The van der Waals surface area contributed by atoms with Crippen LogP contribution in [0.15, 0.2) is 24.3 Å². The highest BCUT2D eigenvalue weighted by atomic mass is 35.5. The van der Waals surface area contributed by atoms with E-state index in [1.54, 1.807) is 29.2 Å². The number of hydrogen-bond donors (Lipinski definition) is 2. The summed E-state index contributed by atoms with van der Waals surface area (Å²) in [7, 11) is 0. The minimum Gasteiger partial charge on any atom is -0.339 e. The van der Waals surface area contributed by atoms with Gasteiger partial charge in [0.1, 0.15) is 0 Å². The molecule has 1 saturated heterocycles. The fraction of sp³-hybridized carbons (Fsp3) is 0.556. The molecule has 1 fully saturated rings. The highest BCUT2D eigenvalue weighted by Crippen LogP contribution is 2.14. The van der Waals surface area contributed by atoms with Gasteiger partial charge in [0.25, 0.3) is 5.91 Å². The maximum absolute atomic E-state index is 12.2. The number of nitrogens with zero attached hydrogens (tertiary/aromatic N) is 1. The van der Waals surface area contributed by atoms with Crippen LogP contribution >= 0.6 is 12.4 Å². The van der Waals surface area contributed by atoms with E-state index in [0.717, 1.165) is 25.1 Å². The predicted octanol–water partition coefficient (Wildman–Crippen LogP) is 3.06. The van der Waals surface area contributed by atoms with E-state index in [1.165, 1.54) is 6.42 Å². The molecule has 0 bridgehead atoms. The lowest BCUT2D eigenvalue weighted by atomic mass is 10.1. The molecule has 1 aliphatic rings. The van der Waals surface area contributed by atoms with Crippen molar-refractivity contribution in [2.24, 2.45) is 0 Å². The third kappa shape index (κ3) is 5.80. The molecule has 1 unspecified atom stereocenters. The quantitative estimate of drug-likeness (QED) is 0.792. The number of halogens is 1. The van der Waals surface area contributed by atoms with Crippen LogP contribution in [0.5, 0.6) is 0 Å². The largest absolute Gasteiger partial charge is 0.339 e. The fourth-order valence-electron chi connectivity index (χ4n) is 2.92. The molecule has 2 N–H and O–H groups in total. The Morgan fingerprint density at radius 2 is 1.88 bits per heavy atom. The summed E-state index contributed by atoms with van der Waals surface area (Å²) in [4.78, 5) is 26.0. The number of amides is 2. The molecule has 1 heterocycles. The Morgan fingerprint density at radius 3 is 2.42 bits per heavy atom. The average Bonchev–Trinajstić information content (AvgIpc) is 3.08. The summed E-state index contributed by atoms with van der Waals surface area (Å²) in [6.07, 6.45) is 3.77. The Morgan fingerprint density at radius 1 is 1.21 bits per heavy atom. The van der Waals surface area contributed by atoms with E-state index in [4.69, 9.17) is 0 Å². The number of anilines is 1. The summed E-state index contributed by atoms with van der Waals surface area (Å²) in [6.45, 7) is 6.39. The smallest absolute Gasteiger partial charge is 0.253 e. The van der Waals surface area contributed by atoms with Crippen molar-refractivity contribution in [3.05, 3.63) is 29.8 Å². The zero-order valence-electron chi connectivity index (χ0n) is 14.5. The molecule has 1 atom stereocenters.